The van der Waals surface area contributed by atoms with E-state index in [1.54, 1.807) is 0 Å². The van der Waals surface area contributed by atoms with Crippen molar-refractivity contribution in [3.8, 4) is 11.5 Å². The first-order valence-electron chi connectivity index (χ1n) is 13.5. The maximum atomic E-state index is 6.12. The third kappa shape index (κ3) is 5.50. The lowest BCUT2D eigenvalue weighted by molar-refractivity contribution is 0.267. The Balaban J connectivity index is 1.18. The SMILES string of the molecule is CCOc1cc(C=Nc2ccc([C@@H]3Nc4ccccc4[C@H]4C=CC[C@H]43)cc2)cc(Br)c1OCc1ccccc1. The molecule has 0 saturated heterocycles. The molecule has 0 radical (unpaired) electrons. The lowest BCUT2D eigenvalue weighted by Crippen LogP contribution is -2.28. The normalized spacial score (nSPS) is 19.4. The lowest BCUT2D eigenvalue weighted by Gasteiger charge is -2.37. The summed E-state index contributed by atoms with van der Waals surface area (Å²) in [5.41, 5.74) is 6.89. The molecule has 1 N–H and O–H groups in total. The molecule has 39 heavy (non-hydrogen) atoms. The van der Waals surface area contributed by atoms with Crippen LogP contribution in [-0.2, 0) is 6.61 Å². The van der Waals surface area contributed by atoms with Gasteiger partial charge in [-0.2, -0.15) is 0 Å². The van der Waals surface area contributed by atoms with E-state index >= 15 is 0 Å². The third-order valence-electron chi connectivity index (χ3n) is 7.44. The highest BCUT2D eigenvalue weighted by molar-refractivity contribution is 9.10. The molecule has 0 aromatic heterocycles. The van der Waals surface area contributed by atoms with Gasteiger partial charge in [0.1, 0.15) is 6.61 Å². The first-order chi connectivity index (χ1) is 19.2. The molecule has 5 heteroatoms. The van der Waals surface area contributed by atoms with Crippen LogP contribution in [0, 0.1) is 5.92 Å². The van der Waals surface area contributed by atoms with E-state index in [0.717, 1.165) is 27.7 Å². The van der Waals surface area contributed by atoms with Gasteiger partial charge in [-0.1, -0.05) is 72.8 Å². The smallest absolute Gasteiger partial charge is 0.175 e. The van der Waals surface area contributed by atoms with E-state index in [0.29, 0.717) is 36.5 Å². The predicted molar refractivity (Wildman–Crippen MR) is 163 cm³/mol. The zero-order valence-electron chi connectivity index (χ0n) is 21.9. The van der Waals surface area contributed by atoms with Crippen molar-refractivity contribution in [2.24, 2.45) is 10.9 Å². The van der Waals surface area contributed by atoms with E-state index < -0.39 is 0 Å². The Morgan fingerprint density at radius 2 is 1.74 bits per heavy atom. The summed E-state index contributed by atoms with van der Waals surface area (Å²) in [6.07, 6.45) is 7.67. The summed E-state index contributed by atoms with van der Waals surface area (Å²) < 4.78 is 12.9. The number of hydrogen-bond acceptors (Lipinski definition) is 4. The van der Waals surface area contributed by atoms with Crippen molar-refractivity contribution in [3.63, 3.8) is 0 Å². The fourth-order valence-electron chi connectivity index (χ4n) is 5.59. The highest BCUT2D eigenvalue weighted by Crippen LogP contribution is 2.49. The van der Waals surface area contributed by atoms with Crippen LogP contribution >= 0.6 is 15.9 Å². The fourth-order valence-corrected chi connectivity index (χ4v) is 6.16. The summed E-state index contributed by atoms with van der Waals surface area (Å²) in [5.74, 6) is 2.40. The van der Waals surface area contributed by atoms with Crippen molar-refractivity contribution in [3.05, 3.63) is 130 Å². The Morgan fingerprint density at radius 1 is 0.949 bits per heavy atom. The lowest BCUT2D eigenvalue weighted by atomic mass is 9.77. The van der Waals surface area contributed by atoms with Crippen LogP contribution in [0.4, 0.5) is 11.4 Å². The van der Waals surface area contributed by atoms with E-state index in [-0.39, 0.29) is 6.04 Å². The summed E-state index contributed by atoms with van der Waals surface area (Å²) in [7, 11) is 0. The number of halogens is 1. The Labute approximate surface area is 238 Å². The number of hydrogen-bond donors (Lipinski definition) is 1. The molecule has 6 rings (SSSR count). The van der Waals surface area contributed by atoms with Gasteiger partial charge in [0, 0.05) is 17.8 Å². The molecule has 1 aliphatic heterocycles. The van der Waals surface area contributed by atoms with Gasteiger partial charge in [0.15, 0.2) is 11.5 Å². The van der Waals surface area contributed by atoms with Gasteiger partial charge in [0.25, 0.3) is 0 Å². The second-order valence-electron chi connectivity index (χ2n) is 9.95. The first kappa shape index (κ1) is 25.4. The molecule has 0 unspecified atom stereocenters. The van der Waals surface area contributed by atoms with Crippen LogP contribution in [0.2, 0.25) is 0 Å². The summed E-state index contributed by atoms with van der Waals surface area (Å²) in [5, 5.41) is 3.80. The van der Waals surface area contributed by atoms with Crippen LogP contribution < -0.4 is 14.8 Å². The van der Waals surface area contributed by atoms with E-state index in [4.69, 9.17) is 14.5 Å². The van der Waals surface area contributed by atoms with E-state index in [1.807, 2.05) is 55.6 Å². The molecule has 4 nitrogen and oxygen atoms in total. The van der Waals surface area contributed by atoms with Gasteiger partial charge in [0.2, 0.25) is 0 Å². The van der Waals surface area contributed by atoms with Crippen LogP contribution in [0.25, 0.3) is 0 Å². The van der Waals surface area contributed by atoms with Crippen LogP contribution in [0.15, 0.2) is 113 Å². The summed E-state index contributed by atoms with van der Waals surface area (Å²) >= 11 is 3.68. The molecular formula is C34H31BrN2O2. The molecule has 0 spiro atoms. The van der Waals surface area contributed by atoms with Gasteiger partial charge in [-0.3, -0.25) is 4.99 Å². The number of para-hydroxylation sites is 1. The Hall–Kier alpha value is -3.83. The second-order valence-corrected chi connectivity index (χ2v) is 10.8. The van der Waals surface area contributed by atoms with Crippen LogP contribution in [0.3, 0.4) is 0 Å². The molecule has 0 amide bonds. The van der Waals surface area contributed by atoms with Crippen molar-refractivity contribution in [1.29, 1.82) is 0 Å². The number of anilines is 1. The summed E-state index contributed by atoms with van der Waals surface area (Å²) in [4.78, 5) is 4.76. The van der Waals surface area contributed by atoms with E-state index in [9.17, 15) is 0 Å². The molecule has 0 bridgehead atoms. The molecule has 0 fully saturated rings. The summed E-state index contributed by atoms with van der Waals surface area (Å²) in [6.45, 7) is 2.99. The monoisotopic (exact) mass is 578 g/mol. The van der Waals surface area contributed by atoms with Gasteiger partial charge in [-0.25, -0.2) is 0 Å². The topological polar surface area (TPSA) is 42.8 Å². The van der Waals surface area contributed by atoms with Gasteiger partial charge in [-0.15, -0.1) is 0 Å². The molecule has 2 aliphatic rings. The van der Waals surface area contributed by atoms with E-state index in [2.05, 4.69) is 81.9 Å². The third-order valence-corrected chi connectivity index (χ3v) is 8.03. The maximum absolute atomic E-state index is 6.12. The molecular weight excluding hydrogens is 548 g/mol. The fraction of sp³-hybridized carbons (Fsp3) is 0.206. The van der Waals surface area contributed by atoms with Gasteiger partial charge < -0.3 is 14.8 Å². The van der Waals surface area contributed by atoms with Crippen molar-refractivity contribution in [2.75, 3.05) is 11.9 Å². The highest BCUT2D eigenvalue weighted by Gasteiger charge is 2.37. The number of allylic oxidation sites excluding steroid dienone is 2. The maximum Gasteiger partial charge on any atom is 0.175 e. The Morgan fingerprint density at radius 3 is 2.56 bits per heavy atom. The van der Waals surface area contributed by atoms with Crippen molar-refractivity contribution in [2.45, 2.75) is 31.9 Å². The van der Waals surface area contributed by atoms with Crippen LogP contribution in [0.5, 0.6) is 11.5 Å². The highest BCUT2D eigenvalue weighted by atomic mass is 79.9. The molecule has 1 aliphatic carbocycles. The molecule has 0 saturated carbocycles. The van der Waals surface area contributed by atoms with Crippen molar-refractivity contribution in [1.82, 2.24) is 0 Å². The number of nitrogens with zero attached hydrogens (tertiary/aromatic N) is 1. The zero-order valence-corrected chi connectivity index (χ0v) is 23.5. The number of benzene rings is 4. The van der Waals surface area contributed by atoms with Crippen LogP contribution in [0.1, 0.15) is 47.6 Å². The number of aliphatic imine (C=N–C) groups is 1. The molecule has 196 valence electrons. The second kappa shape index (κ2) is 11.5. The number of ether oxygens (including phenoxy) is 2. The molecule has 3 atom stereocenters. The number of fused-ring (bicyclic) bond motifs is 3. The molecule has 1 heterocycles. The van der Waals surface area contributed by atoms with Gasteiger partial charge in [-0.05, 0) is 87.8 Å². The average Bonchev–Trinajstić information content (AvgIpc) is 3.47. The minimum Gasteiger partial charge on any atom is -0.490 e. The minimum absolute atomic E-state index is 0.283. The molecule has 4 aromatic rings. The zero-order chi connectivity index (χ0) is 26.6. The molecule has 4 aromatic carbocycles. The standard InChI is InChI=1S/C34H31BrN2O2/c1-2-38-32-20-24(19-30(35)34(32)39-22-23-9-4-3-5-10-23)21-36-26-17-15-25(16-18-26)33-29-13-8-12-27(29)28-11-6-7-14-31(28)37-33/h3-12,14-21,27,29,33,37H,2,13,22H2,1H3/t27-,29-,33+/m1/s1. The quantitative estimate of drug-likeness (QED) is 0.167. The summed E-state index contributed by atoms with van der Waals surface area (Å²) in [6, 6.07) is 31.7. The van der Waals surface area contributed by atoms with Gasteiger partial charge in [0.05, 0.1) is 22.8 Å². The Kier molecular flexibility index (Phi) is 7.51. The first-order valence-corrected chi connectivity index (χ1v) is 14.3. The van der Waals surface area contributed by atoms with E-state index in [1.165, 1.54) is 16.8 Å². The van der Waals surface area contributed by atoms with Gasteiger partial charge >= 0.3 is 0 Å². The van der Waals surface area contributed by atoms with Crippen LogP contribution in [-0.4, -0.2) is 12.8 Å². The van der Waals surface area contributed by atoms with Crippen molar-refractivity contribution < 1.29 is 9.47 Å². The minimum atomic E-state index is 0.283. The van der Waals surface area contributed by atoms with Crippen molar-refractivity contribution >= 4 is 33.5 Å². The average molecular weight is 580 g/mol. The predicted octanol–water partition coefficient (Wildman–Crippen LogP) is 9.00. The Bertz CT molecular complexity index is 1500. The number of rotatable bonds is 8. The number of nitrogens with one attached hydrogen (secondary N) is 1. The largest absolute Gasteiger partial charge is 0.490 e.